The van der Waals surface area contributed by atoms with Crippen LogP contribution in [0.2, 0.25) is 0 Å². The van der Waals surface area contributed by atoms with Crippen molar-refractivity contribution in [2.75, 3.05) is 19.6 Å². The fourth-order valence-electron chi connectivity index (χ4n) is 2.81. The molecule has 1 aliphatic carbocycles. The highest BCUT2D eigenvalue weighted by Gasteiger charge is 2.25. The second-order valence-electron chi connectivity index (χ2n) is 4.42. The fraction of sp³-hybridized carbons (Fsp3) is 1.00. The fourth-order valence-corrected chi connectivity index (χ4v) is 2.81. The summed E-state index contributed by atoms with van der Waals surface area (Å²) in [7, 11) is 0. The van der Waals surface area contributed by atoms with E-state index in [1.54, 1.807) is 0 Å². The molecule has 1 saturated carbocycles. The van der Waals surface area contributed by atoms with Crippen LogP contribution in [0, 0.1) is 5.92 Å². The lowest BCUT2D eigenvalue weighted by Gasteiger charge is -2.34. The first-order valence-electron chi connectivity index (χ1n) is 6.27. The van der Waals surface area contributed by atoms with Crippen LogP contribution < -0.4 is 5.73 Å². The van der Waals surface area contributed by atoms with Gasteiger partial charge in [0.2, 0.25) is 0 Å². The van der Waals surface area contributed by atoms with Gasteiger partial charge >= 0.3 is 0 Å². The van der Waals surface area contributed by atoms with Crippen molar-refractivity contribution in [3.8, 4) is 0 Å². The third kappa shape index (κ3) is 2.96. The molecule has 0 saturated heterocycles. The standard InChI is InChI=1S/C12H26N2/c1-3-14(4-2)12-9-7-5-6-8-11(12)10-13/h11-12H,3-10,13H2,1-2H3. The lowest BCUT2D eigenvalue weighted by molar-refractivity contribution is 0.149. The summed E-state index contributed by atoms with van der Waals surface area (Å²) in [6.45, 7) is 7.76. The summed E-state index contributed by atoms with van der Waals surface area (Å²) >= 11 is 0. The average molecular weight is 198 g/mol. The molecule has 1 aliphatic rings. The number of hydrogen-bond acceptors (Lipinski definition) is 2. The lowest BCUT2D eigenvalue weighted by Crippen LogP contribution is -2.42. The van der Waals surface area contributed by atoms with Gasteiger partial charge in [0.05, 0.1) is 0 Å². The molecule has 0 heterocycles. The molecule has 1 rings (SSSR count). The molecule has 0 spiro atoms. The molecule has 1 fully saturated rings. The summed E-state index contributed by atoms with van der Waals surface area (Å²) in [6, 6.07) is 0.762. The minimum absolute atomic E-state index is 0.748. The van der Waals surface area contributed by atoms with Gasteiger partial charge in [-0.2, -0.15) is 0 Å². The summed E-state index contributed by atoms with van der Waals surface area (Å²) in [6.07, 6.45) is 6.91. The van der Waals surface area contributed by atoms with Crippen LogP contribution in [-0.4, -0.2) is 30.6 Å². The summed E-state index contributed by atoms with van der Waals surface area (Å²) < 4.78 is 0. The first kappa shape index (κ1) is 12.0. The molecule has 0 aromatic heterocycles. The molecule has 0 radical (unpaired) electrons. The first-order valence-corrected chi connectivity index (χ1v) is 6.27. The second kappa shape index (κ2) is 6.41. The van der Waals surface area contributed by atoms with Crippen LogP contribution in [0.1, 0.15) is 46.0 Å². The third-order valence-electron chi connectivity index (χ3n) is 3.70. The summed E-state index contributed by atoms with van der Waals surface area (Å²) in [5, 5.41) is 0. The van der Waals surface area contributed by atoms with Gasteiger partial charge in [-0.25, -0.2) is 0 Å². The molecule has 2 unspecified atom stereocenters. The Balaban J connectivity index is 2.58. The Kier molecular flexibility index (Phi) is 5.49. The third-order valence-corrected chi connectivity index (χ3v) is 3.70. The van der Waals surface area contributed by atoms with E-state index < -0.39 is 0 Å². The molecule has 2 heteroatoms. The van der Waals surface area contributed by atoms with Gasteiger partial charge in [-0.05, 0) is 38.4 Å². The van der Waals surface area contributed by atoms with Crippen LogP contribution in [0.25, 0.3) is 0 Å². The zero-order valence-electron chi connectivity index (χ0n) is 9.84. The van der Waals surface area contributed by atoms with Crippen LogP contribution >= 0.6 is 0 Å². The van der Waals surface area contributed by atoms with E-state index in [1.165, 1.54) is 45.2 Å². The maximum Gasteiger partial charge on any atom is 0.0135 e. The molecule has 0 amide bonds. The molecule has 0 aromatic carbocycles. The molecule has 2 nitrogen and oxygen atoms in total. The van der Waals surface area contributed by atoms with Crippen molar-refractivity contribution in [2.45, 2.75) is 52.0 Å². The van der Waals surface area contributed by atoms with Crippen LogP contribution in [-0.2, 0) is 0 Å². The summed E-state index contributed by atoms with van der Waals surface area (Å²) in [5.41, 5.74) is 5.88. The highest BCUT2D eigenvalue weighted by Crippen LogP contribution is 2.26. The number of rotatable bonds is 4. The maximum atomic E-state index is 5.88. The Bertz CT molecular complexity index is 143. The van der Waals surface area contributed by atoms with Gasteiger partial charge in [0.1, 0.15) is 0 Å². The van der Waals surface area contributed by atoms with Gasteiger partial charge in [-0.15, -0.1) is 0 Å². The van der Waals surface area contributed by atoms with Crippen molar-refractivity contribution in [1.82, 2.24) is 4.90 Å². The Morgan fingerprint density at radius 3 is 2.29 bits per heavy atom. The smallest absolute Gasteiger partial charge is 0.0135 e. The molecular weight excluding hydrogens is 172 g/mol. The highest BCUT2D eigenvalue weighted by molar-refractivity contribution is 4.81. The van der Waals surface area contributed by atoms with E-state index in [9.17, 15) is 0 Å². The van der Waals surface area contributed by atoms with Gasteiger partial charge in [0.15, 0.2) is 0 Å². The minimum Gasteiger partial charge on any atom is -0.330 e. The Labute approximate surface area is 88.8 Å². The molecule has 84 valence electrons. The predicted molar refractivity (Wildman–Crippen MR) is 62.3 cm³/mol. The Morgan fingerprint density at radius 2 is 1.71 bits per heavy atom. The van der Waals surface area contributed by atoms with E-state index in [4.69, 9.17) is 5.73 Å². The van der Waals surface area contributed by atoms with Crippen LogP contribution in [0.4, 0.5) is 0 Å². The van der Waals surface area contributed by atoms with Gasteiger partial charge in [-0.3, -0.25) is 0 Å². The van der Waals surface area contributed by atoms with E-state index in [-0.39, 0.29) is 0 Å². The zero-order valence-corrected chi connectivity index (χ0v) is 9.84. The average Bonchev–Trinajstić information content (AvgIpc) is 2.45. The maximum absolute atomic E-state index is 5.88. The van der Waals surface area contributed by atoms with Crippen LogP contribution in [0.5, 0.6) is 0 Å². The van der Waals surface area contributed by atoms with Crippen molar-refractivity contribution < 1.29 is 0 Å². The van der Waals surface area contributed by atoms with Gasteiger partial charge < -0.3 is 10.6 Å². The van der Waals surface area contributed by atoms with E-state index in [0.717, 1.165) is 18.5 Å². The van der Waals surface area contributed by atoms with E-state index in [2.05, 4.69) is 18.7 Å². The monoisotopic (exact) mass is 198 g/mol. The molecule has 0 aromatic rings. The van der Waals surface area contributed by atoms with E-state index in [1.807, 2.05) is 0 Å². The number of nitrogens with zero attached hydrogens (tertiary/aromatic N) is 1. The van der Waals surface area contributed by atoms with Crippen molar-refractivity contribution in [1.29, 1.82) is 0 Å². The number of nitrogens with two attached hydrogens (primary N) is 1. The number of hydrogen-bond donors (Lipinski definition) is 1. The summed E-state index contributed by atoms with van der Waals surface area (Å²) in [4.78, 5) is 2.60. The van der Waals surface area contributed by atoms with Crippen molar-refractivity contribution >= 4 is 0 Å². The predicted octanol–water partition coefficient (Wildman–Crippen LogP) is 2.24. The lowest BCUT2D eigenvalue weighted by atomic mass is 9.93. The van der Waals surface area contributed by atoms with Crippen LogP contribution in [0.3, 0.4) is 0 Å². The normalized spacial score (nSPS) is 29.1. The zero-order chi connectivity index (χ0) is 10.4. The second-order valence-corrected chi connectivity index (χ2v) is 4.42. The van der Waals surface area contributed by atoms with Crippen molar-refractivity contribution in [2.24, 2.45) is 11.7 Å². The summed E-state index contributed by atoms with van der Waals surface area (Å²) in [5.74, 6) is 0.748. The molecule has 0 aliphatic heterocycles. The SMILES string of the molecule is CCN(CC)C1CCCCCC1CN. The Morgan fingerprint density at radius 1 is 1.07 bits per heavy atom. The van der Waals surface area contributed by atoms with E-state index >= 15 is 0 Å². The van der Waals surface area contributed by atoms with Crippen molar-refractivity contribution in [3.63, 3.8) is 0 Å². The minimum atomic E-state index is 0.748. The molecular formula is C12H26N2. The molecule has 2 atom stereocenters. The largest absolute Gasteiger partial charge is 0.330 e. The molecule has 0 bridgehead atoms. The first-order chi connectivity index (χ1) is 6.83. The van der Waals surface area contributed by atoms with Crippen LogP contribution in [0.15, 0.2) is 0 Å². The van der Waals surface area contributed by atoms with Crippen molar-refractivity contribution in [3.05, 3.63) is 0 Å². The highest BCUT2D eigenvalue weighted by atomic mass is 15.1. The topological polar surface area (TPSA) is 29.3 Å². The van der Waals surface area contributed by atoms with E-state index in [0.29, 0.717) is 0 Å². The molecule has 2 N–H and O–H groups in total. The van der Waals surface area contributed by atoms with Gasteiger partial charge in [-0.1, -0.05) is 33.1 Å². The quantitative estimate of drug-likeness (QED) is 0.702. The Hall–Kier alpha value is -0.0800. The molecule has 14 heavy (non-hydrogen) atoms. The van der Waals surface area contributed by atoms with Gasteiger partial charge in [0, 0.05) is 6.04 Å². The van der Waals surface area contributed by atoms with Gasteiger partial charge in [0.25, 0.3) is 0 Å².